The van der Waals surface area contributed by atoms with Gasteiger partial charge in [-0.1, -0.05) is 18.2 Å². The average Bonchev–Trinajstić information content (AvgIpc) is 2.55. The highest BCUT2D eigenvalue weighted by molar-refractivity contribution is 7.98. The summed E-state index contributed by atoms with van der Waals surface area (Å²) in [6.45, 7) is 7.92. The van der Waals surface area contributed by atoms with Gasteiger partial charge in [-0.15, -0.1) is 0 Å². The number of nitrogens with one attached hydrogen (secondary N) is 2. The molecule has 0 aliphatic rings. The van der Waals surface area contributed by atoms with Gasteiger partial charge < -0.3 is 15.4 Å². The number of rotatable bonds is 11. The van der Waals surface area contributed by atoms with Gasteiger partial charge in [0.1, 0.15) is 5.82 Å². The van der Waals surface area contributed by atoms with Crippen molar-refractivity contribution < 1.29 is 9.13 Å². The number of benzene rings is 1. The Labute approximate surface area is 143 Å². The molecule has 1 aromatic rings. The lowest BCUT2D eigenvalue weighted by Crippen LogP contribution is -2.38. The monoisotopic (exact) mass is 341 g/mol. The van der Waals surface area contributed by atoms with Crippen molar-refractivity contribution in [2.45, 2.75) is 26.0 Å². The van der Waals surface area contributed by atoms with Crippen LogP contribution in [0.15, 0.2) is 29.3 Å². The molecule has 1 aromatic carbocycles. The van der Waals surface area contributed by atoms with E-state index in [1.165, 1.54) is 6.07 Å². The Morgan fingerprint density at radius 3 is 2.83 bits per heavy atom. The fraction of sp³-hybridized carbons (Fsp3) is 0.588. The zero-order valence-corrected chi connectivity index (χ0v) is 14.9. The maximum atomic E-state index is 13.5. The molecule has 130 valence electrons. The number of nitrogens with zero attached hydrogens (tertiary/aromatic N) is 1. The largest absolute Gasteiger partial charge is 0.382 e. The van der Waals surface area contributed by atoms with Crippen LogP contribution in [0.2, 0.25) is 0 Å². The summed E-state index contributed by atoms with van der Waals surface area (Å²) in [5, 5.41) is 6.52. The highest BCUT2D eigenvalue weighted by atomic mass is 32.2. The molecular formula is C17H28FN3OS. The minimum atomic E-state index is -0.128. The van der Waals surface area contributed by atoms with Crippen molar-refractivity contribution in [2.75, 3.05) is 38.6 Å². The fourth-order valence-corrected chi connectivity index (χ4v) is 2.73. The van der Waals surface area contributed by atoms with Crippen molar-refractivity contribution >= 4 is 17.7 Å². The predicted molar refractivity (Wildman–Crippen MR) is 97.7 cm³/mol. The maximum Gasteiger partial charge on any atom is 0.191 e. The van der Waals surface area contributed by atoms with Crippen molar-refractivity contribution in [3.05, 3.63) is 35.6 Å². The molecule has 0 amide bonds. The van der Waals surface area contributed by atoms with Crippen LogP contribution in [0.25, 0.3) is 0 Å². The Hall–Kier alpha value is -1.27. The van der Waals surface area contributed by atoms with E-state index in [2.05, 4.69) is 15.6 Å². The summed E-state index contributed by atoms with van der Waals surface area (Å²) in [6.07, 6.45) is 0.923. The van der Waals surface area contributed by atoms with Crippen LogP contribution >= 0.6 is 11.8 Å². The van der Waals surface area contributed by atoms with Gasteiger partial charge in [0, 0.05) is 44.4 Å². The molecule has 0 fully saturated rings. The topological polar surface area (TPSA) is 45.7 Å². The van der Waals surface area contributed by atoms with Crippen molar-refractivity contribution in [1.82, 2.24) is 10.6 Å². The summed E-state index contributed by atoms with van der Waals surface area (Å²) in [6, 6.07) is 6.93. The van der Waals surface area contributed by atoms with E-state index >= 15 is 0 Å². The van der Waals surface area contributed by atoms with E-state index in [9.17, 15) is 4.39 Å². The van der Waals surface area contributed by atoms with Crippen LogP contribution in [-0.4, -0.2) is 44.6 Å². The van der Waals surface area contributed by atoms with Gasteiger partial charge >= 0.3 is 0 Å². The van der Waals surface area contributed by atoms with E-state index in [1.54, 1.807) is 17.8 Å². The fourth-order valence-electron chi connectivity index (χ4n) is 1.88. The molecular weight excluding hydrogens is 313 g/mol. The zero-order valence-electron chi connectivity index (χ0n) is 14.1. The van der Waals surface area contributed by atoms with Crippen molar-refractivity contribution in [2.24, 2.45) is 4.99 Å². The van der Waals surface area contributed by atoms with Crippen LogP contribution in [0.1, 0.15) is 25.8 Å². The van der Waals surface area contributed by atoms with Gasteiger partial charge in [-0.3, -0.25) is 4.99 Å². The van der Waals surface area contributed by atoms with Gasteiger partial charge in [-0.2, -0.15) is 11.8 Å². The summed E-state index contributed by atoms with van der Waals surface area (Å²) in [5.74, 6) is 2.29. The summed E-state index contributed by atoms with van der Waals surface area (Å²) >= 11 is 1.71. The SMILES string of the molecule is CCNC(=NCCCOCC)NCCSCc1ccccc1F. The third-order valence-corrected chi connectivity index (χ3v) is 4.03. The Bertz CT molecular complexity index is 457. The Morgan fingerprint density at radius 1 is 1.26 bits per heavy atom. The number of hydrogen-bond acceptors (Lipinski definition) is 3. The van der Waals surface area contributed by atoms with Gasteiger partial charge in [-0.05, 0) is 31.9 Å². The minimum Gasteiger partial charge on any atom is -0.382 e. The first-order valence-corrected chi connectivity index (χ1v) is 9.34. The standard InChI is InChI=1S/C17H28FN3OS/c1-3-19-17(20-10-7-12-22-4-2)21-11-13-23-14-15-8-5-6-9-16(15)18/h5-6,8-9H,3-4,7,10-14H2,1-2H3,(H2,19,20,21). The molecule has 0 saturated heterocycles. The van der Waals surface area contributed by atoms with E-state index in [0.717, 1.165) is 56.5 Å². The lowest BCUT2D eigenvalue weighted by atomic mass is 10.2. The quantitative estimate of drug-likeness (QED) is 0.369. The second-order valence-corrected chi connectivity index (χ2v) is 5.99. The van der Waals surface area contributed by atoms with Crippen molar-refractivity contribution in [1.29, 1.82) is 0 Å². The second kappa shape index (κ2) is 13.2. The summed E-state index contributed by atoms with van der Waals surface area (Å²) in [5.41, 5.74) is 0.758. The molecule has 23 heavy (non-hydrogen) atoms. The number of halogens is 1. The summed E-state index contributed by atoms with van der Waals surface area (Å²) < 4.78 is 18.8. The van der Waals surface area contributed by atoms with Crippen LogP contribution in [0, 0.1) is 5.82 Å². The Balaban J connectivity index is 2.19. The molecule has 0 aromatic heterocycles. The molecule has 0 aliphatic heterocycles. The molecule has 6 heteroatoms. The maximum absolute atomic E-state index is 13.5. The van der Waals surface area contributed by atoms with E-state index in [-0.39, 0.29) is 5.82 Å². The van der Waals surface area contributed by atoms with Crippen LogP contribution < -0.4 is 10.6 Å². The molecule has 0 radical (unpaired) electrons. The first kappa shape index (κ1) is 19.8. The summed E-state index contributed by atoms with van der Waals surface area (Å²) in [7, 11) is 0. The third kappa shape index (κ3) is 9.46. The molecule has 4 nitrogen and oxygen atoms in total. The number of thioether (sulfide) groups is 1. The Kier molecular flexibility index (Phi) is 11.3. The van der Waals surface area contributed by atoms with Crippen LogP contribution in [-0.2, 0) is 10.5 Å². The van der Waals surface area contributed by atoms with Crippen LogP contribution in [0.5, 0.6) is 0 Å². The van der Waals surface area contributed by atoms with Crippen molar-refractivity contribution in [3.8, 4) is 0 Å². The molecule has 0 atom stereocenters. The molecule has 0 bridgehead atoms. The van der Waals surface area contributed by atoms with Crippen LogP contribution in [0.3, 0.4) is 0 Å². The highest BCUT2D eigenvalue weighted by Crippen LogP contribution is 2.14. The number of hydrogen-bond donors (Lipinski definition) is 2. The molecule has 1 rings (SSSR count). The molecule has 0 saturated carbocycles. The second-order valence-electron chi connectivity index (χ2n) is 4.88. The van der Waals surface area contributed by atoms with E-state index in [4.69, 9.17) is 4.74 Å². The van der Waals surface area contributed by atoms with E-state index in [0.29, 0.717) is 5.75 Å². The third-order valence-electron chi connectivity index (χ3n) is 3.02. The zero-order chi connectivity index (χ0) is 16.8. The first-order valence-electron chi connectivity index (χ1n) is 8.19. The van der Waals surface area contributed by atoms with Gasteiger partial charge in [0.05, 0.1) is 0 Å². The van der Waals surface area contributed by atoms with E-state index < -0.39 is 0 Å². The molecule has 0 spiro atoms. The number of guanidine groups is 1. The molecule has 2 N–H and O–H groups in total. The smallest absolute Gasteiger partial charge is 0.191 e. The van der Waals surface area contributed by atoms with Gasteiger partial charge in [-0.25, -0.2) is 4.39 Å². The van der Waals surface area contributed by atoms with E-state index in [1.807, 2.05) is 26.0 Å². The van der Waals surface area contributed by atoms with Crippen LogP contribution in [0.4, 0.5) is 4.39 Å². The lowest BCUT2D eigenvalue weighted by molar-refractivity contribution is 0.146. The molecule has 0 heterocycles. The number of ether oxygens (including phenoxy) is 1. The lowest BCUT2D eigenvalue weighted by Gasteiger charge is -2.11. The average molecular weight is 341 g/mol. The number of aliphatic imine (C=N–C) groups is 1. The van der Waals surface area contributed by atoms with Gasteiger partial charge in [0.25, 0.3) is 0 Å². The molecule has 0 unspecified atom stereocenters. The normalized spacial score (nSPS) is 11.5. The summed E-state index contributed by atoms with van der Waals surface area (Å²) in [4.78, 5) is 4.50. The van der Waals surface area contributed by atoms with Gasteiger partial charge in [0.15, 0.2) is 5.96 Å². The minimum absolute atomic E-state index is 0.128. The highest BCUT2D eigenvalue weighted by Gasteiger charge is 2.01. The predicted octanol–water partition coefficient (Wildman–Crippen LogP) is 3.04. The van der Waals surface area contributed by atoms with Crippen molar-refractivity contribution in [3.63, 3.8) is 0 Å². The first-order chi connectivity index (χ1) is 11.3. The molecule has 0 aliphatic carbocycles. The van der Waals surface area contributed by atoms with Gasteiger partial charge in [0.2, 0.25) is 0 Å². The Morgan fingerprint density at radius 2 is 2.09 bits per heavy atom.